The third-order valence-electron chi connectivity index (χ3n) is 0.347. The van der Waals surface area contributed by atoms with Crippen molar-refractivity contribution in [2.24, 2.45) is 0 Å². The molecule has 0 bridgehead atoms. The molecule has 0 aliphatic rings. The first kappa shape index (κ1) is 32.0. The first-order chi connectivity index (χ1) is 5.10. The van der Waals surface area contributed by atoms with Crippen molar-refractivity contribution in [2.75, 3.05) is 0 Å². The predicted molar refractivity (Wildman–Crippen MR) is 72.0 cm³/mol. The van der Waals surface area contributed by atoms with Crippen LogP contribution in [-0.2, 0) is 26.7 Å². The van der Waals surface area contributed by atoms with Crippen molar-refractivity contribution in [1.29, 1.82) is 0 Å². The fraction of sp³-hybridized carbons (Fsp3) is 0. The first-order valence-electron chi connectivity index (χ1n) is 1.98. The van der Waals surface area contributed by atoms with E-state index in [0.29, 0.717) is 0 Å². The van der Waals surface area contributed by atoms with Gasteiger partial charge in [0.1, 0.15) is 0 Å². The van der Waals surface area contributed by atoms with Crippen LogP contribution in [0.1, 0.15) is 0 Å². The van der Waals surface area contributed by atoms with E-state index < -0.39 is 24.5 Å². The molecule has 0 amide bonds. The van der Waals surface area contributed by atoms with Gasteiger partial charge in [-0.1, -0.05) is 0 Å². The quantitative estimate of drug-likeness (QED) is 0.309. The van der Waals surface area contributed by atoms with Crippen molar-refractivity contribution in [3.05, 3.63) is 0 Å². The van der Waals surface area contributed by atoms with Crippen LogP contribution >= 0.6 is 23.3 Å². The average Bonchev–Trinajstić information content (AvgIpc) is 1.49. The van der Waals surface area contributed by atoms with Crippen LogP contribution in [0.4, 0.5) is 4.79 Å². The Morgan fingerprint density at radius 1 is 0.750 bits per heavy atom. The van der Waals surface area contributed by atoms with E-state index in [1.165, 1.54) is 0 Å². The van der Waals surface area contributed by atoms with E-state index >= 15 is 0 Å². The Hall–Kier alpha value is 3.87. The van der Waals surface area contributed by atoms with Gasteiger partial charge in [-0.25, -0.2) is 4.79 Å². The van der Waals surface area contributed by atoms with Gasteiger partial charge in [0.25, 0.3) is 0 Å². The molecule has 0 N–H and O–H groups in total. The third-order valence-corrected chi connectivity index (χ3v) is 1.49. The zero-order valence-electron chi connectivity index (χ0n) is 5.07. The number of carbonyl (C=O) groups excluding carboxylic acids is 1. The van der Waals surface area contributed by atoms with Crippen molar-refractivity contribution in [2.45, 2.75) is 0 Å². The molecule has 0 aliphatic heterocycles. The second kappa shape index (κ2) is 13.8. The standard InChI is InChI=1S/CH2O7S4.4Na.4H/c2-1(7-11(3,4)9)8-12(5,6)10;;;;;;;;/h(H,3,4,9)(H,5,6,10);;;;;;;;. The molecule has 0 aliphatic carbocycles. The normalized spacial score (nSPS) is 9.12. The molecule has 0 saturated carbocycles. The Kier molecular flexibility index (Phi) is 27.7. The van der Waals surface area contributed by atoms with Crippen molar-refractivity contribution in [3.63, 3.8) is 0 Å². The second-order valence-electron chi connectivity index (χ2n) is 1.27. The molecule has 0 aromatic heterocycles. The summed E-state index contributed by atoms with van der Waals surface area (Å²) >= 11 is 5.55. The van der Waals surface area contributed by atoms with Gasteiger partial charge in [0.15, 0.2) is 0 Å². The Morgan fingerprint density at radius 3 is 1.06 bits per heavy atom. The van der Waals surface area contributed by atoms with Gasteiger partial charge < -0.3 is 8.37 Å². The molecule has 16 heavy (non-hydrogen) atoms. The van der Waals surface area contributed by atoms with Crippen molar-refractivity contribution in [3.8, 4) is 0 Å². The zero-order valence-corrected chi connectivity index (χ0v) is 8.49. The number of thiol groups is 2. The van der Waals surface area contributed by atoms with E-state index in [0.717, 1.165) is 0 Å². The Balaban J connectivity index is -0.000000101. The van der Waals surface area contributed by atoms with Gasteiger partial charge in [-0.15, -0.1) is 0 Å². The summed E-state index contributed by atoms with van der Waals surface area (Å²) in [6, 6.07) is 0. The monoisotopic (exact) mass is 350 g/mol. The molecule has 15 heteroatoms. The summed E-state index contributed by atoms with van der Waals surface area (Å²) in [4.78, 5) is 10.2. The van der Waals surface area contributed by atoms with Crippen LogP contribution in [0.3, 0.4) is 0 Å². The van der Waals surface area contributed by atoms with E-state index in [2.05, 4.69) is 31.7 Å². The summed E-state index contributed by atoms with van der Waals surface area (Å²) in [6.45, 7) is 0. The summed E-state index contributed by atoms with van der Waals surface area (Å²) in [7, 11) is -8.75. The molecular formula is CH6Na4O7S4. The fourth-order valence-corrected chi connectivity index (χ4v) is 1.01. The van der Waals surface area contributed by atoms with Crippen LogP contribution in [-0.4, -0.2) is 141 Å². The Morgan fingerprint density at radius 2 is 0.938 bits per heavy atom. The first-order valence-corrected chi connectivity index (χ1v) is 6.90. The molecule has 0 rings (SSSR count). The van der Waals surface area contributed by atoms with Gasteiger partial charge in [0.2, 0.25) is 0 Å². The maximum absolute atomic E-state index is 10.2. The summed E-state index contributed by atoms with van der Waals surface area (Å²) < 4.78 is 46.9. The van der Waals surface area contributed by atoms with Gasteiger partial charge in [0.05, 0.1) is 0 Å². The molecule has 80 valence electrons. The third kappa shape index (κ3) is 26.4. The predicted octanol–water partition coefficient (Wildman–Crippen LogP) is -3.11. The van der Waals surface area contributed by atoms with Gasteiger partial charge in [-0.05, 0) is 23.3 Å². The minimum atomic E-state index is -4.37. The number of carbonyl (C=O) groups is 1. The van der Waals surface area contributed by atoms with Crippen LogP contribution in [0.5, 0.6) is 0 Å². The van der Waals surface area contributed by atoms with Crippen LogP contribution in [0.25, 0.3) is 0 Å². The molecule has 0 spiro atoms. The molecule has 0 saturated heterocycles. The molecule has 0 aromatic rings. The minimum absolute atomic E-state index is 0. The molecule has 7 nitrogen and oxygen atoms in total. The van der Waals surface area contributed by atoms with Crippen molar-refractivity contribution in [1.82, 2.24) is 0 Å². The van der Waals surface area contributed by atoms with Gasteiger partial charge in [-0.3, -0.25) is 0 Å². The molecule has 0 atom stereocenters. The molecule has 0 aromatic carbocycles. The second-order valence-corrected chi connectivity index (χ2v) is 6.00. The molecular weight excluding hydrogens is 344 g/mol. The number of rotatable bonds is 2. The van der Waals surface area contributed by atoms with Crippen LogP contribution in [0, 0.1) is 0 Å². The van der Waals surface area contributed by atoms with Gasteiger partial charge in [0, 0.05) is 0 Å². The SMILES string of the molecule is O=C(OS(=O)(=O)S)OS(=O)(=O)S.[NaH].[NaH].[NaH].[NaH]. The Labute approximate surface area is 192 Å². The van der Waals surface area contributed by atoms with Crippen LogP contribution < -0.4 is 0 Å². The summed E-state index contributed by atoms with van der Waals surface area (Å²) in [6.07, 6.45) is -1.94. The van der Waals surface area contributed by atoms with E-state index in [-0.39, 0.29) is 118 Å². The average molecular weight is 350 g/mol. The van der Waals surface area contributed by atoms with Crippen molar-refractivity contribution >= 4 is 166 Å². The van der Waals surface area contributed by atoms with Gasteiger partial charge >= 0.3 is 143 Å². The number of hydrogen-bond acceptors (Lipinski definition) is 7. The van der Waals surface area contributed by atoms with Crippen LogP contribution in [0.15, 0.2) is 0 Å². The molecule has 0 heterocycles. The summed E-state index contributed by atoms with van der Waals surface area (Å²) in [5.41, 5.74) is 0. The Bertz CT molecular complexity index is 335. The fourth-order valence-electron chi connectivity index (χ4n) is 0.186. The summed E-state index contributed by atoms with van der Waals surface area (Å²) in [5.74, 6) is 0. The van der Waals surface area contributed by atoms with Gasteiger partial charge in [-0.2, -0.15) is 16.8 Å². The summed E-state index contributed by atoms with van der Waals surface area (Å²) in [5, 5.41) is 0. The topological polar surface area (TPSA) is 104 Å². The molecule has 0 radical (unpaired) electrons. The molecule has 0 fully saturated rings. The van der Waals surface area contributed by atoms with Crippen LogP contribution in [0.2, 0.25) is 0 Å². The number of hydrogen-bond donors (Lipinski definition) is 2. The van der Waals surface area contributed by atoms with Crippen molar-refractivity contribution < 1.29 is 30.0 Å². The van der Waals surface area contributed by atoms with E-state index in [1.807, 2.05) is 0 Å². The molecule has 0 unspecified atom stereocenters. The van der Waals surface area contributed by atoms with E-state index in [4.69, 9.17) is 0 Å². The van der Waals surface area contributed by atoms with E-state index in [1.54, 1.807) is 0 Å². The van der Waals surface area contributed by atoms with E-state index in [9.17, 15) is 21.6 Å². The maximum atomic E-state index is 10.2. The zero-order chi connectivity index (χ0) is 9.99.